The van der Waals surface area contributed by atoms with Gasteiger partial charge in [-0.3, -0.25) is 4.79 Å². The first-order chi connectivity index (χ1) is 19.2. The van der Waals surface area contributed by atoms with Crippen LogP contribution in [0.2, 0.25) is 0 Å². The molecule has 5 rings (SSSR count). The standard InChI is InChI=1S/C25H23F4N7O4/c1-11(30)21-20(23(37)31-19(22-33-35-36-34-22)15-6-5-14(26)9-16(15)27)32-24(40-21)13-4-7-17(39-25(28)29)18(8-13)38-10-12-2-3-12/h4-9,11-12,19,25H,2-3,10,30H2,1H3,(H,31,37)(H,33,34,35,36)/t11-,19+/m0/s1. The lowest BCUT2D eigenvalue weighted by molar-refractivity contribution is -0.0515. The van der Waals surface area contributed by atoms with Gasteiger partial charge in [0.1, 0.15) is 17.7 Å². The molecule has 2 heterocycles. The Kier molecular flexibility index (Phi) is 7.64. The van der Waals surface area contributed by atoms with Crippen LogP contribution in [0.1, 0.15) is 59.5 Å². The second-order valence-corrected chi connectivity index (χ2v) is 9.16. The molecule has 1 amide bonds. The number of nitrogens with two attached hydrogens (primary N) is 1. The highest BCUT2D eigenvalue weighted by molar-refractivity contribution is 5.94. The van der Waals surface area contributed by atoms with E-state index in [1.54, 1.807) is 6.92 Å². The summed E-state index contributed by atoms with van der Waals surface area (Å²) < 4.78 is 70.1. The molecule has 2 aromatic carbocycles. The smallest absolute Gasteiger partial charge is 0.387 e. The van der Waals surface area contributed by atoms with Gasteiger partial charge < -0.3 is 24.9 Å². The lowest BCUT2D eigenvalue weighted by Gasteiger charge is -2.16. The van der Waals surface area contributed by atoms with Crippen molar-refractivity contribution in [2.45, 2.75) is 38.5 Å². The Balaban J connectivity index is 1.47. The van der Waals surface area contributed by atoms with Gasteiger partial charge in [0.25, 0.3) is 5.91 Å². The predicted molar refractivity (Wildman–Crippen MR) is 129 cm³/mol. The number of amides is 1. The third-order valence-electron chi connectivity index (χ3n) is 6.03. The van der Waals surface area contributed by atoms with Gasteiger partial charge in [-0.15, -0.1) is 10.2 Å². The first-order valence-electron chi connectivity index (χ1n) is 12.2. The fourth-order valence-electron chi connectivity index (χ4n) is 3.87. The number of oxazole rings is 1. The molecule has 11 nitrogen and oxygen atoms in total. The number of hydrogen-bond donors (Lipinski definition) is 3. The van der Waals surface area contributed by atoms with Crippen molar-refractivity contribution in [1.29, 1.82) is 0 Å². The monoisotopic (exact) mass is 561 g/mol. The first-order valence-corrected chi connectivity index (χ1v) is 12.2. The maximum atomic E-state index is 14.6. The van der Waals surface area contributed by atoms with Crippen molar-refractivity contribution in [1.82, 2.24) is 30.9 Å². The minimum atomic E-state index is -3.06. The Morgan fingerprint density at radius 3 is 2.65 bits per heavy atom. The molecule has 0 saturated heterocycles. The number of aromatic nitrogens is 5. The lowest BCUT2D eigenvalue weighted by Crippen LogP contribution is -2.32. The molecule has 1 saturated carbocycles. The Morgan fingerprint density at radius 1 is 1.20 bits per heavy atom. The van der Waals surface area contributed by atoms with Crippen molar-refractivity contribution < 1.29 is 36.2 Å². The molecule has 4 N–H and O–H groups in total. The van der Waals surface area contributed by atoms with Gasteiger partial charge >= 0.3 is 6.61 Å². The third kappa shape index (κ3) is 6.03. The number of halogens is 4. The molecule has 0 spiro atoms. The number of tetrazole rings is 1. The van der Waals surface area contributed by atoms with Crippen LogP contribution in [0.4, 0.5) is 17.6 Å². The van der Waals surface area contributed by atoms with Crippen molar-refractivity contribution in [3.63, 3.8) is 0 Å². The molecule has 40 heavy (non-hydrogen) atoms. The van der Waals surface area contributed by atoms with Gasteiger partial charge in [-0.05, 0) is 49.9 Å². The Morgan fingerprint density at radius 2 is 2.00 bits per heavy atom. The summed E-state index contributed by atoms with van der Waals surface area (Å²) in [6.45, 7) is -1.18. The summed E-state index contributed by atoms with van der Waals surface area (Å²) in [6, 6.07) is 4.83. The van der Waals surface area contributed by atoms with Crippen LogP contribution in [0.25, 0.3) is 11.5 Å². The van der Waals surface area contributed by atoms with Crippen LogP contribution >= 0.6 is 0 Å². The number of ether oxygens (including phenoxy) is 2. The lowest BCUT2D eigenvalue weighted by atomic mass is 10.0. The molecule has 0 unspecified atom stereocenters. The molecular formula is C25H23F4N7O4. The van der Waals surface area contributed by atoms with Gasteiger partial charge in [0.05, 0.1) is 12.6 Å². The average Bonchev–Trinajstić information content (AvgIpc) is 3.37. The molecular weight excluding hydrogens is 538 g/mol. The fraction of sp³-hybridized carbons (Fsp3) is 0.320. The number of hydrogen-bond acceptors (Lipinski definition) is 9. The van der Waals surface area contributed by atoms with Crippen molar-refractivity contribution in [2.75, 3.05) is 6.61 Å². The van der Waals surface area contributed by atoms with Gasteiger partial charge in [0.15, 0.2) is 23.0 Å². The number of alkyl halides is 2. The average molecular weight is 561 g/mol. The minimum Gasteiger partial charge on any atom is -0.489 e. The molecule has 1 fully saturated rings. The SMILES string of the molecule is C[C@H](N)c1oc(-c2ccc(OC(F)F)c(OCC3CC3)c2)nc1C(=O)N[C@@H](c1nn[nH]n1)c1ccc(F)cc1F. The van der Waals surface area contributed by atoms with E-state index in [0.717, 1.165) is 25.0 Å². The van der Waals surface area contributed by atoms with E-state index in [2.05, 4.69) is 35.7 Å². The van der Waals surface area contributed by atoms with Crippen LogP contribution < -0.4 is 20.5 Å². The van der Waals surface area contributed by atoms with Crippen molar-refractivity contribution in [3.8, 4) is 23.0 Å². The summed E-state index contributed by atoms with van der Waals surface area (Å²) in [5.74, 6) is -2.53. The number of H-pyrrole nitrogens is 1. The second-order valence-electron chi connectivity index (χ2n) is 9.16. The van der Waals surface area contributed by atoms with E-state index in [1.165, 1.54) is 18.2 Å². The summed E-state index contributed by atoms with van der Waals surface area (Å²) in [5.41, 5.74) is 5.98. The molecule has 2 atom stereocenters. The molecule has 1 aliphatic rings. The number of benzene rings is 2. The van der Waals surface area contributed by atoms with Crippen molar-refractivity contribution >= 4 is 5.91 Å². The van der Waals surface area contributed by atoms with Gasteiger partial charge in [0, 0.05) is 17.2 Å². The van der Waals surface area contributed by atoms with Crippen LogP contribution in [-0.2, 0) is 0 Å². The number of rotatable bonds is 11. The molecule has 2 aromatic heterocycles. The van der Waals surface area contributed by atoms with Crippen LogP contribution in [0, 0.1) is 17.6 Å². The maximum Gasteiger partial charge on any atom is 0.387 e. The van der Waals surface area contributed by atoms with Gasteiger partial charge in [0.2, 0.25) is 11.7 Å². The topological polar surface area (TPSA) is 154 Å². The predicted octanol–water partition coefficient (Wildman–Crippen LogP) is 4.06. The summed E-state index contributed by atoms with van der Waals surface area (Å²) in [4.78, 5) is 17.7. The van der Waals surface area contributed by atoms with E-state index in [4.69, 9.17) is 14.9 Å². The highest BCUT2D eigenvalue weighted by atomic mass is 19.3. The molecule has 15 heteroatoms. The number of carbonyl (C=O) groups excluding carboxylic acids is 1. The molecule has 210 valence electrons. The number of carbonyl (C=O) groups is 1. The minimum absolute atomic E-state index is 0.00713. The van der Waals surface area contributed by atoms with E-state index in [9.17, 15) is 22.4 Å². The quantitative estimate of drug-likeness (QED) is 0.230. The van der Waals surface area contributed by atoms with Gasteiger partial charge in [-0.25, -0.2) is 13.8 Å². The largest absolute Gasteiger partial charge is 0.489 e. The van der Waals surface area contributed by atoms with Gasteiger partial charge in [-0.2, -0.15) is 14.0 Å². The van der Waals surface area contributed by atoms with E-state index in [0.29, 0.717) is 24.2 Å². The number of nitrogens with one attached hydrogen (secondary N) is 2. The molecule has 4 aromatic rings. The highest BCUT2D eigenvalue weighted by Gasteiger charge is 2.30. The Hall–Kier alpha value is -4.53. The zero-order chi connectivity index (χ0) is 28.4. The summed E-state index contributed by atoms with van der Waals surface area (Å²) >= 11 is 0. The van der Waals surface area contributed by atoms with Gasteiger partial charge in [-0.1, -0.05) is 11.3 Å². The third-order valence-corrected chi connectivity index (χ3v) is 6.03. The molecule has 0 radical (unpaired) electrons. The van der Waals surface area contributed by atoms with Crippen LogP contribution in [0.5, 0.6) is 11.5 Å². The normalized spacial score (nSPS) is 14.7. The summed E-state index contributed by atoms with van der Waals surface area (Å²) in [7, 11) is 0. The molecule has 0 bridgehead atoms. The first kappa shape index (κ1) is 27.1. The zero-order valence-electron chi connectivity index (χ0n) is 20.9. The molecule has 1 aliphatic carbocycles. The van der Waals surface area contributed by atoms with Crippen LogP contribution in [-0.4, -0.2) is 44.7 Å². The number of aromatic amines is 1. The summed E-state index contributed by atoms with van der Waals surface area (Å²) in [5, 5.41) is 15.9. The van der Waals surface area contributed by atoms with E-state index < -0.39 is 36.2 Å². The van der Waals surface area contributed by atoms with E-state index in [-0.39, 0.29) is 40.2 Å². The molecule has 0 aliphatic heterocycles. The second kappa shape index (κ2) is 11.3. The van der Waals surface area contributed by atoms with Crippen molar-refractivity contribution in [2.24, 2.45) is 11.7 Å². The fourth-order valence-corrected chi connectivity index (χ4v) is 3.87. The van der Waals surface area contributed by atoms with E-state index >= 15 is 0 Å². The maximum absolute atomic E-state index is 14.6. The van der Waals surface area contributed by atoms with Crippen molar-refractivity contribution in [3.05, 3.63) is 70.9 Å². The highest BCUT2D eigenvalue weighted by Crippen LogP contribution is 2.37. The Bertz CT molecular complexity index is 1490. The zero-order valence-corrected chi connectivity index (χ0v) is 20.9. The van der Waals surface area contributed by atoms with Crippen LogP contribution in [0.3, 0.4) is 0 Å². The van der Waals surface area contributed by atoms with Crippen LogP contribution in [0.15, 0.2) is 40.8 Å². The summed E-state index contributed by atoms with van der Waals surface area (Å²) in [6.07, 6.45) is 1.96. The number of nitrogens with zero attached hydrogens (tertiary/aromatic N) is 4. The Labute approximate surface area is 224 Å². The van der Waals surface area contributed by atoms with E-state index in [1.807, 2.05) is 0 Å².